The molecular weight excluding hydrogens is 164 g/mol. The number of hydrogen-bond acceptors (Lipinski definition) is 2. The highest BCUT2D eigenvalue weighted by Gasteiger charge is 2.13. The van der Waals surface area contributed by atoms with E-state index in [1.165, 1.54) is 0 Å². The molecule has 0 radical (unpaired) electrons. The first-order chi connectivity index (χ1) is 6.24. The number of aliphatic hydroxyl groups is 1. The van der Waals surface area contributed by atoms with Gasteiger partial charge in [0.2, 0.25) is 0 Å². The second kappa shape index (κ2) is 4.87. The van der Waals surface area contributed by atoms with Crippen LogP contribution >= 0.6 is 0 Å². The van der Waals surface area contributed by atoms with Crippen LogP contribution in [-0.4, -0.2) is 17.8 Å². The van der Waals surface area contributed by atoms with Crippen molar-refractivity contribution in [1.29, 1.82) is 0 Å². The van der Waals surface area contributed by atoms with Crippen LogP contribution in [0.4, 0.5) is 0 Å². The van der Waals surface area contributed by atoms with Gasteiger partial charge in [-0.1, -0.05) is 32.0 Å². The topological polar surface area (TPSA) is 29.5 Å². The summed E-state index contributed by atoms with van der Waals surface area (Å²) in [5.74, 6) is 1.14. The number of rotatable bonds is 4. The molecule has 1 atom stereocenters. The fourth-order valence-corrected chi connectivity index (χ4v) is 1.06. The fraction of sp³-hybridized carbons (Fsp3) is 0.455. The van der Waals surface area contributed by atoms with Crippen LogP contribution in [0.3, 0.4) is 0 Å². The minimum absolute atomic E-state index is 0.0621. The summed E-state index contributed by atoms with van der Waals surface area (Å²) < 4.78 is 5.58. The second-order valence-corrected chi connectivity index (χ2v) is 3.40. The van der Waals surface area contributed by atoms with E-state index in [1.807, 2.05) is 44.2 Å². The van der Waals surface area contributed by atoms with E-state index in [1.54, 1.807) is 0 Å². The molecule has 1 aromatic rings. The van der Waals surface area contributed by atoms with Crippen molar-refractivity contribution in [3.8, 4) is 5.75 Å². The largest absolute Gasteiger partial charge is 0.488 e. The molecule has 0 saturated carbocycles. The Labute approximate surface area is 79.2 Å². The summed E-state index contributed by atoms with van der Waals surface area (Å²) in [5.41, 5.74) is 0. The van der Waals surface area contributed by atoms with Crippen molar-refractivity contribution < 1.29 is 9.84 Å². The molecule has 0 heterocycles. The Kier molecular flexibility index (Phi) is 3.77. The van der Waals surface area contributed by atoms with Gasteiger partial charge in [0.15, 0.2) is 0 Å². The Bertz CT molecular complexity index is 231. The zero-order chi connectivity index (χ0) is 9.68. The average molecular weight is 180 g/mol. The van der Waals surface area contributed by atoms with Gasteiger partial charge in [-0.25, -0.2) is 0 Å². The number of aliphatic hydroxyl groups excluding tert-OH is 1. The molecule has 2 heteroatoms. The smallest absolute Gasteiger partial charge is 0.124 e. The third-order valence-electron chi connectivity index (χ3n) is 1.95. The van der Waals surface area contributed by atoms with E-state index < -0.39 is 0 Å². The minimum atomic E-state index is -0.109. The maximum atomic E-state index is 9.03. The normalized spacial score (nSPS) is 12.9. The van der Waals surface area contributed by atoms with Crippen molar-refractivity contribution in [2.75, 3.05) is 6.61 Å². The Morgan fingerprint density at radius 2 is 1.85 bits per heavy atom. The molecule has 0 amide bonds. The van der Waals surface area contributed by atoms with Crippen LogP contribution in [0.2, 0.25) is 0 Å². The van der Waals surface area contributed by atoms with Crippen LogP contribution in [0.25, 0.3) is 0 Å². The van der Waals surface area contributed by atoms with Gasteiger partial charge >= 0.3 is 0 Å². The Hall–Kier alpha value is -1.02. The van der Waals surface area contributed by atoms with E-state index in [0.717, 1.165) is 5.75 Å². The van der Waals surface area contributed by atoms with Crippen molar-refractivity contribution in [3.63, 3.8) is 0 Å². The molecule has 0 unspecified atom stereocenters. The first-order valence-corrected chi connectivity index (χ1v) is 4.56. The van der Waals surface area contributed by atoms with E-state index >= 15 is 0 Å². The van der Waals surface area contributed by atoms with Crippen LogP contribution in [0.5, 0.6) is 5.75 Å². The molecule has 0 fully saturated rings. The van der Waals surface area contributed by atoms with Crippen LogP contribution in [0, 0.1) is 5.92 Å². The van der Waals surface area contributed by atoms with Gasteiger partial charge < -0.3 is 9.84 Å². The van der Waals surface area contributed by atoms with Crippen LogP contribution in [0.1, 0.15) is 13.8 Å². The van der Waals surface area contributed by atoms with E-state index in [2.05, 4.69) is 0 Å². The van der Waals surface area contributed by atoms with Crippen molar-refractivity contribution in [2.45, 2.75) is 20.0 Å². The lowest BCUT2D eigenvalue weighted by atomic mass is 10.1. The van der Waals surface area contributed by atoms with Gasteiger partial charge in [0, 0.05) is 0 Å². The predicted molar refractivity (Wildman–Crippen MR) is 52.8 cm³/mol. The minimum Gasteiger partial charge on any atom is -0.488 e. The lowest BCUT2D eigenvalue weighted by Crippen LogP contribution is -2.26. The molecule has 2 nitrogen and oxygen atoms in total. The summed E-state index contributed by atoms with van der Waals surface area (Å²) in [6.45, 7) is 4.13. The molecule has 1 rings (SSSR count). The predicted octanol–water partition coefficient (Wildman–Crippen LogP) is 2.08. The lowest BCUT2D eigenvalue weighted by Gasteiger charge is -2.20. The molecule has 0 aliphatic heterocycles. The summed E-state index contributed by atoms with van der Waals surface area (Å²) in [4.78, 5) is 0. The monoisotopic (exact) mass is 180 g/mol. The molecule has 0 spiro atoms. The standard InChI is InChI=1S/C11H16O2/c1-9(2)11(8-12)13-10-6-4-3-5-7-10/h3-7,9,11-12H,8H2,1-2H3/t11-/m0/s1. The molecule has 0 bridgehead atoms. The van der Waals surface area contributed by atoms with E-state index in [0.29, 0.717) is 5.92 Å². The zero-order valence-corrected chi connectivity index (χ0v) is 8.10. The van der Waals surface area contributed by atoms with Gasteiger partial charge in [-0.2, -0.15) is 0 Å². The van der Waals surface area contributed by atoms with Crippen molar-refractivity contribution >= 4 is 0 Å². The third-order valence-corrected chi connectivity index (χ3v) is 1.95. The summed E-state index contributed by atoms with van der Waals surface area (Å²) in [6, 6.07) is 9.57. The number of ether oxygens (including phenoxy) is 1. The highest BCUT2D eigenvalue weighted by atomic mass is 16.5. The molecule has 13 heavy (non-hydrogen) atoms. The fourth-order valence-electron chi connectivity index (χ4n) is 1.06. The maximum Gasteiger partial charge on any atom is 0.124 e. The first-order valence-electron chi connectivity index (χ1n) is 4.56. The Morgan fingerprint density at radius 3 is 2.31 bits per heavy atom. The first kappa shape index (κ1) is 10.1. The van der Waals surface area contributed by atoms with Gasteiger partial charge in [0.25, 0.3) is 0 Å². The highest BCUT2D eigenvalue weighted by molar-refractivity contribution is 5.21. The zero-order valence-electron chi connectivity index (χ0n) is 8.10. The summed E-state index contributed by atoms with van der Waals surface area (Å²) in [7, 11) is 0. The second-order valence-electron chi connectivity index (χ2n) is 3.40. The average Bonchev–Trinajstić information content (AvgIpc) is 2.15. The summed E-state index contributed by atoms with van der Waals surface area (Å²) >= 11 is 0. The van der Waals surface area contributed by atoms with Crippen molar-refractivity contribution in [3.05, 3.63) is 30.3 Å². The summed E-state index contributed by atoms with van der Waals surface area (Å²) in [6.07, 6.45) is -0.109. The quantitative estimate of drug-likeness (QED) is 0.768. The summed E-state index contributed by atoms with van der Waals surface area (Å²) in [5, 5.41) is 9.03. The number of hydrogen-bond donors (Lipinski definition) is 1. The molecule has 1 N–H and O–H groups in total. The van der Waals surface area contributed by atoms with Crippen molar-refractivity contribution in [2.24, 2.45) is 5.92 Å². The van der Waals surface area contributed by atoms with Gasteiger partial charge in [-0.15, -0.1) is 0 Å². The molecule has 1 aromatic carbocycles. The maximum absolute atomic E-state index is 9.03. The molecule has 0 aliphatic carbocycles. The highest BCUT2D eigenvalue weighted by Crippen LogP contribution is 2.14. The third kappa shape index (κ3) is 3.07. The van der Waals surface area contributed by atoms with Crippen LogP contribution in [-0.2, 0) is 0 Å². The molecule has 0 saturated heterocycles. The van der Waals surface area contributed by atoms with Crippen LogP contribution < -0.4 is 4.74 Å². The molecular formula is C11H16O2. The van der Waals surface area contributed by atoms with Gasteiger partial charge in [0.05, 0.1) is 6.61 Å². The molecule has 72 valence electrons. The van der Waals surface area contributed by atoms with Gasteiger partial charge in [0.1, 0.15) is 11.9 Å². The Morgan fingerprint density at radius 1 is 1.23 bits per heavy atom. The van der Waals surface area contributed by atoms with E-state index in [4.69, 9.17) is 9.84 Å². The number of benzene rings is 1. The van der Waals surface area contributed by atoms with E-state index in [9.17, 15) is 0 Å². The van der Waals surface area contributed by atoms with E-state index in [-0.39, 0.29) is 12.7 Å². The number of para-hydroxylation sites is 1. The Balaban J connectivity index is 2.57. The van der Waals surface area contributed by atoms with Crippen LogP contribution in [0.15, 0.2) is 30.3 Å². The van der Waals surface area contributed by atoms with Gasteiger partial charge in [-0.05, 0) is 18.1 Å². The van der Waals surface area contributed by atoms with Crippen molar-refractivity contribution in [1.82, 2.24) is 0 Å². The van der Waals surface area contributed by atoms with Gasteiger partial charge in [-0.3, -0.25) is 0 Å². The SMILES string of the molecule is CC(C)[C@H](CO)Oc1ccccc1. The lowest BCUT2D eigenvalue weighted by molar-refractivity contribution is 0.0801. The molecule has 0 aromatic heterocycles. The molecule has 0 aliphatic rings.